The van der Waals surface area contributed by atoms with Gasteiger partial charge in [-0.1, -0.05) is 289 Å². The van der Waals surface area contributed by atoms with Gasteiger partial charge in [0.05, 0.1) is 0 Å². The summed E-state index contributed by atoms with van der Waals surface area (Å²) in [5.41, 5.74) is 0. The molecule has 0 heterocycles. The van der Waals surface area contributed by atoms with Crippen LogP contribution in [0.1, 0.15) is 297 Å². The fourth-order valence-corrected chi connectivity index (χ4v) is 9.04. The molecule has 0 spiro atoms. The number of hydrogen-bond donors (Lipinski definition) is 0. The Morgan fingerprint density at radius 1 is 0.256 bits per heavy atom. The molecule has 0 aliphatic heterocycles. The topological polar surface area (TPSA) is 78.9 Å². The van der Waals surface area contributed by atoms with E-state index >= 15 is 0 Å². The van der Waals surface area contributed by atoms with Crippen LogP contribution in [0.2, 0.25) is 0 Å². The Morgan fingerprint density at radius 2 is 0.476 bits per heavy atom. The average Bonchev–Trinajstić information content (AvgIpc) is 3.47. The van der Waals surface area contributed by atoms with E-state index in [-0.39, 0.29) is 31.1 Å². The van der Waals surface area contributed by atoms with E-state index in [0.717, 1.165) is 161 Å². The standard InChI is InChI=1S/C76H124O6/c1-4-7-10-13-16-19-22-25-28-30-32-34-36-38-40-42-44-46-48-51-54-57-60-63-66-69-75(78)81-72-73(71-80-74(77)68-65-62-59-56-53-50-27-24-21-18-15-12-9-6-3)82-76(79)70-67-64-61-58-55-52-49-47-45-43-41-39-37-35-33-31-29-26-23-20-17-14-11-8-5-2/h7-8,10-11,15-20,24-29,32-35,38-41,73H,4-6,9,12-14,21-23,30-31,36-37,42-72H2,1-3H3/b10-7-,11-8-,18-15-,19-16-,20-17-,27-24-,28-25-,29-26-,34-32-,35-33-,40-38-,41-39-. The van der Waals surface area contributed by atoms with E-state index in [0.29, 0.717) is 19.3 Å². The number of rotatable bonds is 60. The highest BCUT2D eigenvalue weighted by atomic mass is 16.6. The Hall–Kier alpha value is -4.71. The first kappa shape index (κ1) is 77.3. The lowest BCUT2D eigenvalue weighted by molar-refractivity contribution is -0.167. The number of allylic oxidation sites excluding steroid dienone is 24. The molecule has 0 aromatic heterocycles. The minimum Gasteiger partial charge on any atom is -0.462 e. The molecule has 6 heteroatoms. The average molecular weight is 1130 g/mol. The van der Waals surface area contributed by atoms with E-state index in [9.17, 15) is 14.4 Å². The van der Waals surface area contributed by atoms with Crippen molar-refractivity contribution < 1.29 is 28.6 Å². The molecule has 0 bridgehead atoms. The van der Waals surface area contributed by atoms with Gasteiger partial charge in [0, 0.05) is 19.3 Å². The molecule has 82 heavy (non-hydrogen) atoms. The molecule has 6 nitrogen and oxygen atoms in total. The summed E-state index contributed by atoms with van der Waals surface area (Å²) in [5, 5.41) is 0. The fraction of sp³-hybridized carbons (Fsp3) is 0.645. The van der Waals surface area contributed by atoms with Crippen LogP contribution in [0.15, 0.2) is 146 Å². The number of esters is 3. The molecule has 0 fully saturated rings. The number of carbonyl (C=O) groups excluding carboxylic acids is 3. The molecule has 0 aliphatic carbocycles. The molecule has 0 rings (SSSR count). The van der Waals surface area contributed by atoms with E-state index in [1.807, 2.05) is 0 Å². The molecule has 0 aliphatic rings. The quantitative estimate of drug-likeness (QED) is 0.0261. The van der Waals surface area contributed by atoms with Crippen molar-refractivity contribution >= 4 is 17.9 Å². The van der Waals surface area contributed by atoms with Crippen molar-refractivity contribution in [3.8, 4) is 0 Å². The maximum Gasteiger partial charge on any atom is 0.306 e. The predicted molar refractivity (Wildman–Crippen MR) is 357 cm³/mol. The first-order valence-corrected chi connectivity index (χ1v) is 33.8. The van der Waals surface area contributed by atoms with E-state index in [1.165, 1.54) is 96.3 Å². The summed E-state index contributed by atoms with van der Waals surface area (Å²) in [6, 6.07) is 0. The molecule has 0 aromatic carbocycles. The van der Waals surface area contributed by atoms with Crippen LogP contribution in [-0.2, 0) is 28.6 Å². The summed E-state index contributed by atoms with van der Waals surface area (Å²) in [6.45, 7) is 6.36. The molecule has 0 saturated heterocycles. The smallest absolute Gasteiger partial charge is 0.306 e. The van der Waals surface area contributed by atoms with Crippen molar-refractivity contribution in [3.63, 3.8) is 0 Å². The van der Waals surface area contributed by atoms with Crippen molar-refractivity contribution in [3.05, 3.63) is 146 Å². The minimum absolute atomic E-state index is 0.0924. The highest BCUT2D eigenvalue weighted by Crippen LogP contribution is 2.16. The highest BCUT2D eigenvalue weighted by molar-refractivity contribution is 5.71. The first-order valence-electron chi connectivity index (χ1n) is 33.8. The second kappa shape index (κ2) is 68.8. The number of hydrogen-bond acceptors (Lipinski definition) is 6. The van der Waals surface area contributed by atoms with Crippen LogP contribution in [0, 0.1) is 0 Å². The van der Waals surface area contributed by atoms with Gasteiger partial charge in [0.25, 0.3) is 0 Å². The molecule has 0 saturated carbocycles. The first-order chi connectivity index (χ1) is 40.5. The molecular weight excluding hydrogens is 1010 g/mol. The molecule has 0 radical (unpaired) electrons. The molecule has 1 unspecified atom stereocenters. The van der Waals surface area contributed by atoms with Crippen LogP contribution in [0.25, 0.3) is 0 Å². The zero-order chi connectivity index (χ0) is 59.2. The van der Waals surface area contributed by atoms with Gasteiger partial charge in [-0.15, -0.1) is 0 Å². The molecular formula is C76H124O6. The van der Waals surface area contributed by atoms with Gasteiger partial charge < -0.3 is 14.2 Å². The number of unbranched alkanes of at least 4 members (excludes halogenated alkanes) is 25. The normalized spacial score (nSPS) is 13.1. The SMILES string of the molecule is CC/C=C\C/C=C\C/C=C\C/C=C\C/C=C\CCCCCCCCCCCC(=O)OCC(COC(=O)CCCCCCC/C=C\C/C=C\CCCC)OC(=O)CCCCCCCCCCC/C=C\C/C=C\C/C=C\C/C=C\C/C=C\CC. The van der Waals surface area contributed by atoms with E-state index < -0.39 is 6.10 Å². The van der Waals surface area contributed by atoms with Crippen LogP contribution >= 0.6 is 0 Å². The lowest BCUT2D eigenvalue weighted by Crippen LogP contribution is -2.30. The van der Waals surface area contributed by atoms with Crippen molar-refractivity contribution in [2.24, 2.45) is 0 Å². The third-order valence-corrected chi connectivity index (χ3v) is 14.1. The monoisotopic (exact) mass is 1130 g/mol. The Bertz CT molecular complexity index is 1780. The van der Waals surface area contributed by atoms with Crippen molar-refractivity contribution in [2.75, 3.05) is 13.2 Å². The van der Waals surface area contributed by atoms with Crippen LogP contribution in [-0.4, -0.2) is 37.2 Å². The lowest BCUT2D eigenvalue weighted by atomic mass is 10.1. The Balaban J connectivity index is 4.39. The van der Waals surface area contributed by atoms with Crippen molar-refractivity contribution in [1.29, 1.82) is 0 Å². The van der Waals surface area contributed by atoms with E-state index in [1.54, 1.807) is 0 Å². The summed E-state index contributed by atoms with van der Waals surface area (Å²) in [7, 11) is 0. The molecule has 1 atom stereocenters. The van der Waals surface area contributed by atoms with Crippen LogP contribution < -0.4 is 0 Å². The third-order valence-electron chi connectivity index (χ3n) is 14.1. The maximum atomic E-state index is 13.0. The van der Waals surface area contributed by atoms with Crippen LogP contribution in [0.3, 0.4) is 0 Å². The maximum absolute atomic E-state index is 13.0. The third kappa shape index (κ3) is 66.1. The van der Waals surface area contributed by atoms with Gasteiger partial charge in [-0.2, -0.15) is 0 Å². The predicted octanol–water partition coefficient (Wildman–Crippen LogP) is 23.5. The summed E-state index contributed by atoms with van der Waals surface area (Å²) < 4.78 is 16.9. The van der Waals surface area contributed by atoms with Crippen LogP contribution in [0.4, 0.5) is 0 Å². The summed E-state index contributed by atoms with van der Waals surface area (Å²) >= 11 is 0. The lowest BCUT2D eigenvalue weighted by Gasteiger charge is -2.18. The number of ether oxygens (including phenoxy) is 3. The zero-order valence-corrected chi connectivity index (χ0v) is 53.2. The van der Waals surface area contributed by atoms with Gasteiger partial charge in [0.15, 0.2) is 6.10 Å². The summed E-state index contributed by atoms with van der Waals surface area (Å²) in [5.74, 6) is -0.915. The van der Waals surface area contributed by atoms with Gasteiger partial charge >= 0.3 is 17.9 Å². The highest BCUT2D eigenvalue weighted by Gasteiger charge is 2.19. The van der Waals surface area contributed by atoms with Gasteiger partial charge in [-0.05, 0) is 135 Å². The van der Waals surface area contributed by atoms with Gasteiger partial charge in [0.2, 0.25) is 0 Å². The molecule has 464 valence electrons. The minimum atomic E-state index is -0.798. The zero-order valence-electron chi connectivity index (χ0n) is 53.2. The largest absolute Gasteiger partial charge is 0.462 e. The van der Waals surface area contributed by atoms with E-state index in [4.69, 9.17) is 14.2 Å². The van der Waals surface area contributed by atoms with Gasteiger partial charge in [-0.3, -0.25) is 14.4 Å². The summed E-state index contributed by atoms with van der Waals surface area (Å²) in [4.78, 5) is 38.4. The molecule has 0 amide bonds. The van der Waals surface area contributed by atoms with Crippen molar-refractivity contribution in [1.82, 2.24) is 0 Å². The Kier molecular flexibility index (Phi) is 64.8. The van der Waals surface area contributed by atoms with E-state index in [2.05, 4.69) is 167 Å². The Morgan fingerprint density at radius 3 is 0.744 bits per heavy atom. The second-order valence-corrected chi connectivity index (χ2v) is 22.0. The molecule has 0 aromatic rings. The van der Waals surface area contributed by atoms with Crippen molar-refractivity contribution in [2.45, 2.75) is 303 Å². The number of carbonyl (C=O) groups is 3. The van der Waals surface area contributed by atoms with Gasteiger partial charge in [-0.25, -0.2) is 0 Å². The van der Waals surface area contributed by atoms with Crippen LogP contribution in [0.5, 0.6) is 0 Å². The summed E-state index contributed by atoms with van der Waals surface area (Å²) in [6.07, 6.45) is 98.5. The molecule has 0 N–H and O–H groups in total. The Labute approximate surface area is 506 Å². The van der Waals surface area contributed by atoms with Gasteiger partial charge in [0.1, 0.15) is 13.2 Å². The fourth-order valence-electron chi connectivity index (χ4n) is 9.04. The second-order valence-electron chi connectivity index (χ2n) is 22.0.